The maximum atomic E-state index is 14.2. The van der Waals surface area contributed by atoms with Gasteiger partial charge in [0.05, 0.1) is 6.61 Å². The Bertz CT molecular complexity index is 813. The third-order valence-corrected chi connectivity index (χ3v) is 5.01. The van der Waals surface area contributed by atoms with E-state index in [2.05, 4.69) is 5.32 Å². The van der Waals surface area contributed by atoms with Gasteiger partial charge >= 0.3 is 0 Å². The molecule has 5 nitrogen and oxygen atoms in total. The van der Waals surface area contributed by atoms with Crippen molar-refractivity contribution in [3.63, 3.8) is 0 Å². The number of benzene rings is 2. The molecule has 0 fully saturated rings. The summed E-state index contributed by atoms with van der Waals surface area (Å²) >= 11 is 0. The highest BCUT2D eigenvalue weighted by atomic mass is 19.1. The fraction of sp³-hybridized carbons (Fsp3) is 0.417. The highest BCUT2D eigenvalue weighted by Crippen LogP contribution is 2.15. The lowest BCUT2D eigenvalue weighted by Crippen LogP contribution is -2.49. The molecule has 0 aliphatic carbocycles. The minimum Gasteiger partial charge on any atom is -0.494 e. The number of carbonyl (C=O) groups is 2. The first-order chi connectivity index (χ1) is 14.4. The summed E-state index contributed by atoms with van der Waals surface area (Å²) < 4.78 is 19.8. The maximum Gasteiger partial charge on any atom is 0.242 e. The van der Waals surface area contributed by atoms with Crippen LogP contribution in [0.2, 0.25) is 0 Å². The zero-order chi connectivity index (χ0) is 21.9. The molecule has 2 rings (SSSR count). The first-order valence-electron chi connectivity index (χ1n) is 10.4. The van der Waals surface area contributed by atoms with Gasteiger partial charge in [-0.15, -0.1) is 0 Å². The Morgan fingerprint density at radius 2 is 1.73 bits per heavy atom. The van der Waals surface area contributed by atoms with E-state index < -0.39 is 11.9 Å². The van der Waals surface area contributed by atoms with Gasteiger partial charge in [-0.05, 0) is 44.9 Å². The molecule has 2 aromatic carbocycles. The number of hydrogen-bond donors (Lipinski definition) is 1. The lowest BCUT2D eigenvalue weighted by Gasteiger charge is -2.30. The Hall–Kier alpha value is -2.89. The van der Waals surface area contributed by atoms with Crippen LogP contribution < -0.4 is 10.1 Å². The van der Waals surface area contributed by atoms with Crippen molar-refractivity contribution in [2.75, 3.05) is 6.61 Å². The zero-order valence-electron chi connectivity index (χ0n) is 17.9. The van der Waals surface area contributed by atoms with E-state index in [0.717, 1.165) is 12.2 Å². The van der Waals surface area contributed by atoms with E-state index in [1.54, 1.807) is 25.1 Å². The monoisotopic (exact) mass is 414 g/mol. The first kappa shape index (κ1) is 23.4. The topological polar surface area (TPSA) is 58.6 Å². The largest absolute Gasteiger partial charge is 0.494 e. The zero-order valence-corrected chi connectivity index (χ0v) is 17.9. The molecule has 1 N–H and O–H groups in total. The van der Waals surface area contributed by atoms with Gasteiger partial charge in [0.1, 0.15) is 17.6 Å². The summed E-state index contributed by atoms with van der Waals surface area (Å²) in [6.07, 6.45) is 1.50. The van der Waals surface area contributed by atoms with Crippen molar-refractivity contribution < 1.29 is 18.7 Å². The van der Waals surface area contributed by atoms with Crippen LogP contribution in [-0.2, 0) is 16.1 Å². The average Bonchev–Trinajstić information content (AvgIpc) is 2.76. The van der Waals surface area contributed by atoms with Crippen molar-refractivity contribution in [3.05, 3.63) is 66.0 Å². The minimum atomic E-state index is -0.707. The smallest absolute Gasteiger partial charge is 0.242 e. The number of nitrogens with one attached hydrogen (secondary N) is 1. The average molecular weight is 415 g/mol. The molecule has 0 unspecified atom stereocenters. The Balaban J connectivity index is 2.02. The lowest BCUT2D eigenvalue weighted by molar-refractivity contribution is -0.141. The van der Waals surface area contributed by atoms with Gasteiger partial charge in [0.15, 0.2) is 0 Å². The fourth-order valence-electron chi connectivity index (χ4n) is 2.93. The molecule has 0 spiro atoms. The fourth-order valence-corrected chi connectivity index (χ4v) is 2.93. The van der Waals surface area contributed by atoms with Crippen LogP contribution in [0.15, 0.2) is 54.6 Å². The second-order valence-electron chi connectivity index (χ2n) is 7.37. The van der Waals surface area contributed by atoms with E-state index in [1.807, 2.05) is 44.2 Å². The predicted molar refractivity (Wildman–Crippen MR) is 115 cm³/mol. The highest BCUT2D eigenvalue weighted by Gasteiger charge is 2.27. The molecule has 0 bridgehead atoms. The van der Waals surface area contributed by atoms with Gasteiger partial charge in [-0.1, -0.05) is 43.3 Å². The van der Waals surface area contributed by atoms with Crippen molar-refractivity contribution in [3.8, 4) is 5.75 Å². The third kappa shape index (κ3) is 7.17. The first-order valence-corrected chi connectivity index (χ1v) is 10.4. The van der Waals surface area contributed by atoms with Crippen LogP contribution in [0.25, 0.3) is 0 Å². The Labute approximate surface area is 178 Å². The van der Waals surface area contributed by atoms with Crippen LogP contribution in [-0.4, -0.2) is 35.4 Å². The van der Waals surface area contributed by atoms with E-state index in [1.165, 1.54) is 11.0 Å². The quantitative estimate of drug-likeness (QED) is 0.557. The number of para-hydroxylation sites is 1. The van der Waals surface area contributed by atoms with Crippen molar-refractivity contribution in [1.29, 1.82) is 0 Å². The van der Waals surface area contributed by atoms with Crippen LogP contribution in [0.4, 0.5) is 4.39 Å². The number of carbonyl (C=O) groups excluding carboxylic acids is 2. The van der Waals surface area contributed by atoms with Crippen LogP contribution >= 0.6 is 0 Å². The van der Waals surface area contributed by atoms with Crippen LogP contribution in [0.1, 0.15) is 45.6 Å². The van der Waals surface area contributed by atoms with Gasteiger partial charge in [-0.2, -0.15) is 0 Å². The molecule has 0 aliphatic rings. The standard InChI is InChI=1S/C24H31FN2O3/c1-4-18(2)26-24(29)19(3)27(17-20-11-8-9-14-22(20)25)23(28)15-10-16-30-21-12-6-5-7-13-21/h5-9,11-14,18-19H,4,10,15-17H2,1-3H3,(H,26,29)/t18-,19+/m1/s1. The Morgan fingerprint density at radius 1 is 1.07 bits per heavy atom. The number of hydrogen-bond acceptors (Lipinski definition) is 3. The summed E-state index contributed by atoms with van der Waals surface area (Å²) in [6, 6.07) is 15.0. The van der Waals surface area contributed by atoms with E-state index >= 15 is 0 Å². The molecule has 2 atom stereocenters. The number of amides is 2. The number of rotatable bonds is 11. The molecule has 0 heterocycles. The SMILES string of the molecule is CC[C@@H](C)NC(=O)[C@H](C)N(Cc1ccccc1F)C(=O)CCCOc1ccccc1. The Morgan fingerprint density at radius 3 is 2.40 bits per heavy atom. The normalized spacial score (nSPS) is 12.7. The van der Waals surface area contributed by atoms with E-state index in [4.69, 9.17) is 4.74 Å². The molecule has 6 heteroatoms. The van der Waals surface area contributed by atoms with Crippen molar-refractivity contribution in [2.45, 2.75) is 58.7 Å². The summed E-state index contributed by atoms with van der Waals surface area (Å²) in [6.45, 7) is 5.99. The van der Waals surface area contributed by atoms with Crippen molar-refractivity contribution in [2.24, 2.45) is 0 Å². The molecule has 162 valence electrons. The minimum absolute atomic E-state index is 0.00429. The van der Waals surface area contributed by atoms with Gasteiger partial charge in [0.2, 0.25) is 11.8 Å². The molecule has 30 heavy (non-hydrogen) atoms. The molecular formula is C24H31FN2O3. The number of halogens is 1. The second kappa shape index (κ2) is 12.0. The second-order valence-corrected chi connectivity index (χ2v) is 7.37. The molecule has 2 amide bonds. The van der Waals surface area contributed by atoms with Crippen LogP contribution in [0.5, 0.6) is 5.75 Å². The van der Waals surface area contributed by atoms with Gasteiger partial charge in [0, 0.05) is 24.6 Å². The van der Waals surface area contributed by atoms with Crippen molar-refractivity contribution in [1.82, 2.24) is 10.2 Å². The molecule has 2 aromatic rings. The molecule has 0 aromatic heterocycles. The predicted octanol–water partition coefficient (Wildman–Crippen LogP) is 4.32. The Kier molecular flexibility index (Phi) is 9.32. The van der Waals surface area contributed by atoms with Gasteiger partial charge < -0.3 is 15.0 Å². The van der Waals surface area contributed by atoms with Gasteiger partial charge in [0.25, 0.3) is 0 Å². The summed E-state index contributed by atoms with van der Waals surface area (Å²) in [7, 11) is 0. The molecule has 0 radical (unpaired) electrons. The number of nitrogens with zero attached hydrogens (tertiary/aromatic N) is 1. The van der Waals surface area contributed by atoms with Gasteiger partial charge in [-0.25, -0.2) is 4.39 Å². The number of ether oxygens (including phenoxy) is 1. The van der Waals surface area contributed by atoms with Crippen LogP contribution in [0, 0.1) is 5.82 Å². The summed E-state index contributed by atoms with van der Waals surface area (Å²) in [5.74, 6) is -0.0944. The van der Waals surface area contributed by atoms with E-state index in [-0.39, 0.29) is 30.8 Å². The highest BCUT2D eigenvalue weighted by molar-refractivity contribution is 5.87. The molecule has 0 saturated carbocycles. The lowest BCUT2D eigenvalue weighted by atomic mass is 10.1. The van der Waals surface area contributed by atoms with Gasteiger partial charge in [-0.3, -0.25) is 9.59 Å². The third-order valence-electron chi connectivity index (χ3n) is 5.01. The van der Waals surface area contributed by atoms with Crippen LogP contribution in [0.3, 0.4) is 0 Å². The summed E-state index contributed by atoms with van der Waals surface area (Å²) in [4.78, 5) is 27.0. The van der Waals surface area contributed by atoms with E-state index in [9.17, 15) is 14.0 Å². The molecule has 0 aliphatic heterocycles. The van der Waals surface area contributed by atoms with E-state index in [0.29, 0.717) is 18.6 Å². The molecule has 0 saturated heterocycles. The summed E-state index contributed by atoms with van der Waals surface area (Å²) in [5, 5.41) is 2.90. The maximum absolute atomic E-state index is 14.2. The summed E-state index contributed by atoms with van der Waals surface area (Å²) in [5.41, 5.74) is 0.384. The molecular weight excluding hydrogens is 383 g/mol. The van der Waals surface area contributed by atoms with Crippen molar-refractivity contribution >= 4 is 11.8 Å².